The lowest BCUT2D eigenvalue weighted by atomic mass is 9.83. The molecule has 0 aromatic carbocycles. The molecule has 258 valence electrons. The number of allylic oxidation sites excluding steroid dienone is 4. The van der Waals surface area contributed by atoms with E-state index in [0.717, 1.165) is 38.5 Å². The normalized spacial score (nSPS) is 13.2. The lowest BCUT2D eigenvalue weighted by molar-refractivity contribution is -0.132. The molecular formula is C40H76N2O2. The highest BCUT2D eigenvalue weighted by molar-refractivity contribution is 5.85. The van der Waals surface area contributed by atoms with Crippen molar-refractivity contribution in [1.82, 2.24) is 0 Å². The van der Waals surface area contributed by atoms with Gasteiger partial charge in [0.1, 0.15) is 0 Å². The van der Waals surface area contributed by atoms with Crippen LogP contribution in [0.3, 0.4) is 0 Å². The summed E-state index contributed by atoms with van der Waals surface area (Å²) in [7, 11) is 0. The van der Waals surface area contributed by atoms with E-state index in [9.17, 15) is 9.59 Å². The van der Waals surface area contributed by atoms with Crippen LogP contribution in [0.25, 0.3) is 0 Å². The first-order valence-electron chi connectivity index (χ1n) is 19.4. The Morgan fingerprint density at radius 3 is 0.864 bits per heavy atom. The summed E-state index contributed by atoms with van der Waals surface area (Å²) < 4.78 is 0. The third kappa shape index (κ3) is 29.1. The minimum Gasteiger partial charge on any atom is -0.369 e. The molecule has 4 heteroatoms. The van der Waals surface area contributed by atoms with Crippen LogP contribution < -0.4 is 11.5 Å². The molecule has 0 aromatic rings. The molecule has 2 amide bonds. The standard InChI is InChI=1S/C40H76N2O2/c1-3-5-7-9-11-13-15-17-19-20-21-22-24-26-28-30-32-34-36-38(40(42)44)37(39(41)43)35-33-31-29-27-25-23-18-16-14-12-10-8-6-4-2/h17-19,23,37-38H,3-16,20-22,24-36H2,1-2H3,(H2,41,43)(H2,42,44)/b19-17-,23-18-. The van der Waals surface area contributed by atoms with Crippen LogP contribution in [0.15, 0.2) is 24.3 Å². The lowest BCUT2D eigenvalue weighted by Crippen LogP contribution is -2.37. The van der Waals surface area contributed by atoms with E-state index in [0.29, 0.717) is 12.8 Å². The van der Waals surface area contributed by atoms with Gasteiger partial charge in [-0.25, -0.2) is 0 Å². The Balaban J connectivity index is 3.83. The monoisotopic (exact) mass is 617 g/mol. The van der Waals surface area contributed by atoms with Crippen LogP contribution in [0, 0.1) is 11.8 Å². The van der Waals surface area contributed by atoms with Gasteiger partial charge in [-0.1, -0.05) is 167 Å². The second kappa shape index (κ2) is 34.3. The molecule has 0 bridgehead atoms. The molecule has 4 N–H and O–H groups in total. The fraction of sp³-hybridized carbons (Fsp3) is 0.850. The summed E-state index contributed by atoms with van der Waals surface area (Å²) in [5.74, 6) is -1.54. The maximum absolute atomic E-state index is 12.2. The minimum atomic E-state index is -0.412. The molecule has 2 atom stereocenters. The number of unbranched alkanes of at least 4 members (excludes halogenated alkanes) is 24. The van der Waals surface area contributed by atoms with Gasteiger partial charge in [-0.05, 0) is 64.2 Å². The molecule has 0 saturated carbocycles. The molecule has 0 aliphatic carbocycles. The Morgan fingerprint density at radius 2 is 0.614 bits per heavy atom. The van der Waals surface area contributed by atoms with Crippen LogP contribution in [-0.2, 0) is 9.59 Å². The molecule has 2 unspecified atom stereocenters. The second-order valence-corrected chi connectivity index (χ2v) is 13.5. The number of hydrogen-bond donors (Lipinski definition) is 2. The van der Waals surface area contributed by atoms with Crippen LogP contribution in [0.5, 0.6) is 0 Å². The zero-order chi connectivity index (χ0) is 32.4. The number of amides is 2. The highest BCUT2D eigenvalue weighted by atomic mass is 16.2. The Labute approximate surface area is 275 Å². The number of carbonyl (C=O) groups excluding carboxylic acids is 2. The zero-order valence-corrected chi connectivity index (χ0v) is 29.6. The summed E-state index contributed by atoms with van der Waals surface area (Å²) >= 11 is 0. The number of hydrogen-bond acceptors (Lipinski definition) is 2. The molecular weight excluding hydrogens is 540 g/mol. The van der Waals surface area contributed by atoms with Gasteiger partial charge >= 0.3 is 0 Å². The maximum Gasteiger partial charge on any atom is 0.221 e. The molecule has 4 nitrogen and oxygen atoms in total. The summed E-state index contributed by atoms with van der Waals surface area (Å²) in [5.41, 5.74) is 11.5. The zero-order valence-electron chi connectivity index (χ0n) is 29.6. The van der Waals surface area contributed by atoms with Crippen molar-refractivity contribution in [2.24, 2.45) is 23.3 Å². The molecule has 0 spiro atoms. The maximum atomic E-state index is 12.2. The first-order chi connectivity index (χ1) is 21.5. The average Bonchev–Trinajstić information content (AvgIpc) is 3.00. The van der Waals surface area contributed by atoms with Gasteiger partial charge < -0.3 is 11.5 Å². The van der Waals surface area contributed by atoms with E-state index in [2.05, 4.69) is 38.2 Å². The topological polar surface area (TPSA) is 86.2 Å². The smallest absolute Gasteiger partial charge is 0.221 e. The van der Waals surface area contributed by atoms with Crippen molar-refractivity contribution in [3.8, 4) is 0 Å². The predicted molar refractivity (Wildman–Crippen MR) is 194 cm³/mol. The second-order valence-electron chi connectivity index (χ2n) is 13.5. The van der Waals surface area contributed by atoms with E-state index in [4.69, 9.17) is 11.5 Å². The van der Waals surface area contributed by atoms with Gasteiger partial charge in [0, 0.05) is 11.8 Å². The van der Waals surface area contributed by atoms with E-state index >= 15 is 0 Å². The molecule has 0 fully saturated rings. The Morgan fingerprint density at radius 1 is 0.386 bits per heavy atom. The number of primary amides is 2. The Kier molecular flexibility index (Phi) is 33.1. The lowest BCUT2D eigenvalue weighted by Gasteiger charge is -2.22. The summed E-state index contributed by atoms with van der Waals surface area (Å²) in [6.07, 6.45) is 46.1. The van der Waals surface area contributed by atoms with Gasteiger partial charge in [-0.15, -0.1) is 0 Å². The van der Waals surface area contributed by atoms with Crippen molar-refractivity contribution in [2.45, 2.75) is 206 Å². The van der Waals surface area contributed by atoms with Crippen LogP contribution >= 0.6 is 0 Å². The molecule has 0 aromatic heterocycles. The molecule has 0 saturated heterocycles. The van der Waals surface area contributed by atoms with Crippen molar-refractivity contribution < 1.29 is 9.59 Å². The number of rotatable bonds is 35. The van der Waals surface area contributed by atoms with Crippen LogP contribution in [0.1, 0.15) is 206 Å². The van der Waals surface area contributed by atoms with E-state index in [1.54, 1.807) is 0 Å². The van der Waals surface area contributed by atoms with Crippen LogP contribution in [0.4, 0.5) is 0 Å². The summed E-state index contributed by atoms with van der Waals surface area (Å²) in [6.45, 7) is 4.54. The predicted octanol–water partition coefficient (Wildman–Crippen LogP) is 12.0. The highest BCUT2D eigenvalue weighted by Gasteiger charge is 2.29. The van der Waals surface area contributed by atoms with Gasteiger partial charge in [-0.2, -0.15) is 0 Å². The largest absolute Gasteiger partial charge is 0.369 e. The summed E-state index contributed by atoms with van der Waals surface area (Å²) in [6, 6.07) is 0. The molecule has 0 rings (SSSR count). The Bertz CT molecular complexity index is 687. The van der Waals surface area contributed by atoms with Gasteiger partial charge in [0.2, 0.25) is 11.8 Å². The van der Waals surface area contributed by atoms with Crippen molar-refractivity contribution in [2.75, 3.05) is 0 Å². The fourth-order valence-electron chi connectivity index (χ4n) is 6.31. The van der Waals surface area contributed by atoms with E-state index < -0.39 is 11.8 Å². The third-order valence-corrected chi connectivity index (χ3v) is 9.27. The summed E-state index contributed by atoms with van der Waals surface area (Å²) in [4.78, 5) is 24.4. The van der Waals surface area contributed by atoms with Crippen LogP contribution in [0.2, 0.25) is 0 Å². The van der Waals surface area contributed by atoms with E-state index in [1.165, 1.54) is 141 Å². The molecule has 0 aliphatic rings. The van der Waals surface area contributed by atoms with Crippen molar-refractivity contribution in [3.63, 3.8) is 0 Å². The minimum absolute atomic E-state index is 0.356. The molecule has 44 heavy (non-hydrogen) atoms. The van der Waals surface area contributed by atoms with Crippen LogP contribution in [-0.4, -0.2) is 11.8 Å². The van der Waals surface area contributed by atoms with E-state index in [1.807, 2.05) is 0 Å². The van der Waals surface area contributed by atoms with Crippen molar-refractivity contribution >= 4 is 11.8 Å². The fourth-order valence-corrected chi connectivity index (χ4v) is 6.31. The Hall–Kier alpha value is -1.58. The molecule has 0 radical (unpaired) electrons. The average molecular weight is 617 g/mol. The van der Waals surface area contributed by atoms with Gasteiger partial charge in [0.15, 0.2) is 0 Å². The number of nitrogens with two attached hydrogens (primary N) is 2. The first kappa shape index (κ1) is 42.4. The third-order valence-electron chi connectivity index (χ3n) is 9.27. The quantitative estimate of drug-likeness (QED) is 0.0548. The van der Waals surface area contributed by atoms with Crippen molar-refractivity contribution in [3.05, 3.63) is 24.3 Å². The SMILES string of the molecule is CCCCCCCC/C=C\CCCCCCCCCCC(C(N)=O)C(CCCCCC/C=C\CCCCCCCC)C(N)=O. The number of carbonyl (C=O) groups is 2. The molecule has 0 heterocycles. The van der Waals surface area contributed by atoms with Gasteiger partial charge in [0.25, 0.3) is 0 Å². The highest BCUT2D eigenvalue weighted by Crippen LogP contribution is 2.25. The van der Waals surface area contributed by atoms with Gasteiger partial charge in [-0.3, -0.25) is 9.59 Å². The molecule has 0 aliphatic heterocycles. The first-order valence-corrected chi connectivity index (χ1v) is 19.4. The van der Waals surface area contributed by atoms with Crippen molar-refractivity contribution in [1.29, 1.82) is 0 Å². The van der Waals surface area contributed by atoms with Gasteiger partial charge in [0.05, 0.1) is 0 Å². The van der Waals surface area contributed by atoms with E-state index in [-0.39, 0.29) is 11.8 Å². The summed E-state index contributed by atoms with van der Waals surface area (Å²) in [5, 5.41) is 0.